The summed E-state index contributed by atoms with van der Waals surface area (Å²) in [5.41, 5.74) is 2.82. The molecule has 3 fully saturated rings. The van der Waals surface area contributed by atoms with E-state index in [1.807, 2.05) is 45.3 Å². The van der Waals surface area contributed by atoms with Crippen molar-refractivity contribution in [1.82, 2.24) is 15.2 Å². The molecule has 11 heteroatoms. The van der Waals surface area contributed by atoms with Gasteiger partial charge < -0.3 is 29.7 Å². The number of nitrogens with one attached hydrogen (secondary N) is 3. The van der Waals surface area contributed by atoms with Crippen molar-refractivity contribution in [3.05, 3.63) is 47.1 Å². The van der Waals surface area contributed by atoms with Crippen LogP contribution in [0.3, 0.4) is 0 Å². The molecular weight excluding hydrogens is 688 g/mol. The molecule has 1 saturated carbocycles. The molecule has 1 spiro atoms. The number of pyridine rings is 1. The molecule has 286 valence electrons. The highest BCUT2D eigenvalue weighted by atomic mass is 35.5. The Balaban J connectivity index is 1.21. The van der Waals surface area contributed by atoms with Crippen molar-refractivity contribution in [2.24, 2.45) is 11.8 Å². The highest BCUT2D eigenvalue weighted by Crippen LogP contribution is 2.44. The molecule has 3 unspecified atom stereocenters. The largest absolute Gasteiger partial charge is 0.492 e. The summed E-state index contributed by atoms with van der Waals surface area (Å²) in [6.07, 6.45) is 17.6. The summed E-state index contributed by atoms with van der Waals surface area (Å²) in [6, 6.07) is 11.6. The van der Waals surface area contributed by atoms with Crippen molar-refractivity contribution in [2.45, 2.75) is 109 Å². The minimum atomic E-state index is -0.101. The number of nitriles is 1. The molecule has 1 amide bonds. The van der Waals surface area contributed by atoms with E-state index < -0.39 is 0 Å². The zero-order valence-corrected chi connectivity index (χ0v) is 32.5. The minimum Gasteiger partial charge on any atom is -0.492 e. The van der Waals surface area contributed by atoms with Gasteiger partial charge >= 0.3 is 0 Å². The highest BCUT2D eigenvalue weighted by Gasteiger charge is 2.48. The first-order valence-corrected chi connectivity index (χ1v) is 20.2. The van der Waals surface area contributed by atoms with Gasteiger partial charge in [0.2, 0.25) is 5.91 Å². The maximum atomic E-state index is 12.9. The van der Waals surface area contributed by atoms with Gasteiger partial charge in [-0.1, -0.05) is 56.5 Å². The highest BCUT2D eigenvalue weighted by molar-refractivity contribution is 6.32. The van der Waals surface area contributed by atoms with Gasteiger partial charge in [0.05, 0.1) is 40.7 Å². The van der Waals surface area contributed by atoms with Gasteiger partial charge in [-0.05, 0) is 96.3 Å². The first-order valence-electron chi connectivity index (χ1n) is 19.8. The van der Waals surface area contributed by atoms with E-state index in [0.717, 1.165) is 45.3 Å². The molecule has 2 saturated heterocycles. The standard InChI is InChI=1S/C42H57ClN6O4/c1-4-51-38-25-35-33(24-36(38)47-39(50)15-12-20-49(2)3)40(30(26-44)27-45-35)46-32-16-17-37(34(43)23-32)53-28-31-22-29-14-13-21-52-41(29)48-42(31)18-10-8-6-5-7-9-11-19-42/h16-17,23-25,27,29,31,41,48H,4-15,18-22,28H2,1-3H3,(H,45,46)(H,47,50). The van der Waals surface area contributed by atoms with E-state index >= 15 is 0 Å². The number of carbonyl (C=O) groups excluding carboxylic acids is 1. The molecule has 10 nitrogen and oxygen atoms in total. The van der Waals surface area contributed by atoms with Gasteiger partial charge in [-0.2, -0.15) is 5.26 Å². The molecular formula is C42H57ClN6O4. The van der Waals surface area contributed by atoms with Crippen LogP contribution in [-0.4, -0.2) is 68.0 Å². The molecule has 3 heterocycles. The quantitative estimate of drug-likeness (QED) is 0.167. The number of aromatic nitrogens is 1. The molecule has 3 aliphatic rings. The van der Waals surface area contributed by atoms with Gasteiger partial charge in [-0.25, -0.2) is 0 Å². The number of ether oxygens (including phenoxy) is 3. The van der Waals surface area contributed by atoms with E-state index in [2.05, 4.69) is 31.9 Å². The van der Waals surface area contributed by atoms with Crippen molar-refractivity contribution in [2.75, 3.05) is 51.1 Å². The van der Waals surface area contributed by atoms with Gasteiger partial charge in [0.15, 0.2) is 0 Å². The average Bonchev–Trinajstić information content (AvgIpc) is 3.14. The normalized spacial score (nSPS) is 21.8. The van der Waals surface area contributed by atoms with Crippen LogP contribution < -0.4 is 25.4 Å². The van der Waals surface area contributed by atoms with Gasteiger partial charge in [0.25, 0.3) is 0 Å². The second-order valence-corrected chi connectivity index (χ2v) is 15.8. The maximum absolute atomic E-state index is 12.9. The zero-order valence-electron chi connectivity index (χ0n) is 31.8. The fourth-order valence-corrected chi connectivity index (χ4v) is 8.75. The third-order valence-corrected chi connectivity index (χ3v) is 11.6. The summed E-state index contributed by atoms with van der Waals surface area (Å²) in [4.78, 5) is 19.5. The Morgan fingerprint density at radius 3 is 2.57 bits per heavy atom. The molecule has 1 aliphatic carbocycles. The predicted molar refractivity (Wildman–Crippen MR) is 212 cm³/mol. The Morgan fingerprint density at radius 2 is 1.85 bits per heavy atom. The lowest BCUT2D eigenvalue weighted by molar-refractivity contribution is -0.117. The lowest BCUT2D eigenvalue weighted by Crippen LogP contribution is -2.64. The third kappa shape index (κ3) is 9.93. The number of carbonyl (C=O) groups is 1. The van der Waals surface area contributed by atoms with Crippen LogP contribution in [-0.2, 0) is 9.53 Å². The molecule has 2 aliphatic heterocycles. The number of nitrogens with zero attached hydrogens (tertiary/aromatic N) is 3. The Hall–Kier alpha value is -3.62. The van der Waals surface area contributed by atoms with Crippen LogP contribution >= 0.6 is 11.6 Å². The number of piperidine rings is 1. The van der Waals surface area contributed by atoms with Crippen LogP contribution in [0.15, 0.2) is 36.5 Å². The van der Waals surface area contributed by atoms with Gasteiger partial charge in [0.1, 0.15) is 23.8 Å². The monoisotopic (exact) mass is 744 g/mol. The SMILES string of the molecule is CCOc1cc2ncc(C#N)c(Nc3ccc(OCC4CC5CCCOC5NC45CCCCCCCCC5)c(Cl)c3)c2cc1NC(=O)CCCN(C)C. The number of fused-ring (bicyclic) bond motifs is 2. The van der Waals surface area contributed by atoms with Crippen LogP contribution in [0.4, 0.5) is 17.1 Å². The zero-order chi connectivity index (χ0) is 37.2. The molecule has 0 radical (unpaired) electrons. The smallest absolute Gasteiger partial charge is 0.224 e. The molecule has 2 aromatic carbocycles. The number of halogens is 1. The van der Waals surface area contributed by atoms with Gasteiger partial charge in [-0.3, -0.25) is 15.1 Å². The van der Waals surface area contributed by atoms with Crippen molar-refractivity contribution in [1.29, 1.82) is 5.26 Å². The van der Waals surface area contributed by atoms with Crippen LogP contribution in [0.2, 0.25) is 5.02 Å². The van der Waals surface area contributed by atoms with Crippen LogP contribution in [0, 0.1) is 23.2 Å². The topological polar surface area (TPSA) is 121 Å². The Kier molecular flexibility index (Phi) is 13.7. The summed E-state index contributed by atoms with van der Waals surface area (Å²) in [6.45, 7) is 4.58. The summed E-state index contributed by atoms with van der Waals surface area (Å²) < 4.78 is 18.8. The van der Waals surface area contributed by atoms with E-state index in [1.165, 1.54) is 51.4 Å². The summed E-state index contributed by atoms with van der Waals surface area (Å²) >= 11 is 6.93. The summed E-state index contributed by atoms with van der Waals surface area (Å²) in [5, 5.41) is 21.8. The fraction of sp³-hybridized carbons (Fsp3) is 0.595. The van der Waals surface area contributed by atoms with Crippen LogP contribution in [0.25, 0.3) is 10.9 Å². The van der Waals surface area contributed by atoms with Crippen molar-refractivity contribution >= 4 is 45.5 Å². The molecule has 3 N–H and O–H groups in total. The second kappa shape index (κ2) is 18.6. The van der Waals surface area contributed by atoms with Gasteiger partial charge in [-0.15, -0.1) is 0 Å². The number of hydrogen-bond donors (Lipinski definition) is 3. The molecule has 3 atom stereocenters. The van der Waals surface area contributed by atoms with Crippen LogP contribution in [0.5, 0.6) is 11.5 Å². The predicted octanol–water partition coefficient (Wildman–Crippen LogP) is 9.19. The maximum Gasteiger partial charge on any atom is 0.224 e. The second-order valence-electron chi connectivity index (χ2n) is 15.4. The molecule has 3 aromatic rings. The summed E-state index contributed by atoms with van der Waals surface area (Å²) in [5.74, 6) is 1.95. The molecule has 53 heavy (non-hydrogen) atoms. The molecule has 0 bridgehead atoms. The minimum absolute atomic E-state index is 0.00644. The van der Waals surface area contributed by atoms with E-state index in [4.69, 9.17) is 25.8 Å². The Labute approximate surface area is 320 Å². The number of rotatable bonds is 12. The van der Waals surface area contributed by atoms with E-state index in [9.17, 15) is 10.1 Å². The van der Waals surface area contributed by atoms with Crippen molar-refractivity contribution in [3.63, 3.8) is 0 Å². The number of amides is 1. The molecule has 1 aromatic heterocycles. The van der Waals surface area contributed by atoms with Crippen molar-refractivity contribution < 1.29 is 19.0 Å². The Bertz CT molecular complexity index is 1730. The van der Waals surface area contributed by atoms with Crippen molar-refractivity contribution in [3.8, 4) is 17.6 Å². The average molecular weight is 745 g/mol. The lowest BCUT2D eigenvalue weighted by atomic mass is 9.67. The van der Waals surface area contributed by atoms with Gasteiger partial charge in [0, 0.05) is 47.8 Å². The number of anilines is 3. The Morgan fingerprint density at radius 1 is 1.08 bits per heavy atom. The summed E-state index contributed by atoms with van der Waals surface area (Å²) in [7, 11) is 3.98. The number of benzene rings is 2. The molecule has 6 rings (SSSR count). The van der Waals surface area contributed by atoms with E-state index in [-0.39, 0.29) is 17.7 Å². The van der Waals surface area contributed by atoms with Crippen LogP contribution in [0.1, 0.15) is 102 Å². The number of hydrogen-bond acceptors (Lipinski definition) is 9. The third-order valence-electron chi connectivity index (χ3n) is 11.3. The first-order chi connectivity index (χ1) is 25.8. The van der Waals surface area contributed by atoms with E-state index in [1.54, 1.807) is 12.3 Å². The van der Waals surface area contributed by atoms with E-state index in [0.29, 0.717) is 81.5 Å². The first kappa shape index (κ1) is 39.1. The fourth-order valence-electron chi connectivity index (χ4n) is 8.52. The lowest BCUT2D eigenvalue weighted by Gasteiger charge is -2.52.